The number of anilines is 1. The van der Waals surface area contributed by atoms with Crippen LogP contribution in [-0.4, -0.2) is 34.0 Å². The molecular formula is C20H23N3O3S. The third-order valence-electron chi connectivity index (χ3n) is 4.45. The molecule has 0 bridgehead atoms. The van der Waals surface area contributed by atoms with Crippen molar-refractivity contribution in [2.75, 3.05) is 24.4 Å². The van der Waals surface area contributed by atoms with E-state index in [1.807, 2.05) is 19.1 Å². The van der Waals surface area contributed by atoms with Crippen LogP contribution in [0.4, 0.5) is 5.69 Å². The van der Waals surface area contributed by atoms with Crippen LogP contribution in [0.25, 0.3) is 0 Å². The molecule has 1 amide bonds. The molecular weight excluding hydrogens is 362 g/mol. The van der Waals surface area contributed by atoms with Crippen molar-refractivity contribution in [3.8, 4) is 0 Å². The fourth-order valence-electron chi connectivity index (χ4n) is 2.80. The summed E-state index contributed by atoms with van der Waals surface area (Å²) in [7, 11) is -3.71. The van der Waals surface area contributed by atoms with Gasteiger partial charge in [-0.1, -0.05) is 29.8 Å². The molecule has 3 rings (SSSR count). The van der Waals surface area contributed by atoms with Crippen molar-refractivity contribution >= 4 is 21.6 Å². The van der Waals surface area contributed by atoms with E-state index in [-0.39, 0.29) is 10.8 Å². The van der Waals surface area contributed by atoms with E-state index in [1.54, 1.807) is 12.1 Å². The predicted octanol–water partition coefficient (Wildman–Crippen LogP) is 2.45. The molecule has 1 aliphatic heterocycles. The molecule has 0 radical (unpaired) electrons. The highest BCUT2D eigenvalue weighted by Gasteiger charge is 2.16. The van der Waals surface area contributed by atoms with Gasteiger partial charge in [0.1, 0.15) is 0 Å². The van der Waals surface area contributed by atoms with E-state index in [0.717, 1.165) is 25.1 Å². The molecule has 7 heteroatoms. The largest absolute Gasteiger partial charge is 0.348 e. The number of hydrogen-bond acceptors (Lipinski definition) is 4. The summed E-state index contributed by atoms with van der Waals surface area (Å²) in [5, 5.41) is 6.10. The lowest BCUT2D eigenvalue weighted by molar-refractivity contribution is 0.0956. The topological polar surface area (TPSA) is 87.3 Å². The number of hydrogen-bond donors (Lipinski definition) is 3. The van der Waals surface area contributed by atoms with Gasteiger partial charge in [-0.25, -0.2) is 8.42 Å². The van der Waals surface area contributed by atoms with Crippen LogP contribution in [0.5, 0.6) is 0 Å². The summed E-state index contributed by atoms with van der Waals surface area (Å²) in [6.45, 7) is 4.09. The van der Waals surface area contributed by atoms with Crippen molar-refractivity contribution < 1.29 is 13.2 Å². The maximum absolute atomic E-state index is 12.5. The van der Waals surface area contributed by atoms with Gasteiger partial charge >= 0.3 is 0 Å². The highest BCUT2D eigenvalue weighted by molar-refractivity contribution is 7.92. The molecule has 1 heterocycles. The molecule has 27 heavy (non-hydrogen) atoms. The molecule has 0 saturated carbocycles. The average molecular weight is 385 g/mol. The van der Waals surface area contributed by atoms with E-state index in [2.05, 4.69) is 21.4 Å². The van der Waals surface area contributed by atoms with E-state index < -0.39 is 10.0 Å². The van der Waals surface area contributed by atoms with Crippen LogP contribution in [0.2, 0.25) is 0 Å². The summed E-state index contributed by atoms with van der Waals surface area (Å²) in [5.41, 5.74) is 3.00. The number of sulfonamides is 1. The lowest BCUT2D eigenvalue weighted by Crippen LogP contribution is -2.29. The van der Waals surface area contributed by atoms with Crippen molar-refractivity contribution in [1.82, 2.24) is 10.6 Å². The molecule has 0 saturated heterocycles. The Morgan fingerprint density at radius 2 is 1.85 bits per heavy atom. The predicted molar refractivity (Wildman–Crippen MR) is 106 cm³/mol. The van der Waals surface area contributed by atoms with Crippen LogP contribution in [-0.2, 0) is 10.0 Å². The second-order valence-corrected chi connectivity index (χ2v) is 8.13. The quantitative estimate of drug-likeness (QED) is 0.667. The van der Waals surface area contributed by atoms with Gasteiger partial charge in [-0.3, -0.25) is 9.52 Å². The standard InChI is InChI=1S/C20H23N3O3S/c1-15-4-2-3-5-19(15)23-27(25,26)18-8-6-17(7-9-18)20(24)22-14-16-10-12-21-13-11-16/h2-10,21,23H,11-14H2,1H3,(H,22,24). The minimum absolute atomic E-state index is 0.114. The first-order valence-corrected chi connectivity index (χ1v) is 10.3. The molecule has 0 aliphatic carbocycles. The number of para-hydroxylation sites is 1. The second kappa shape index (κ2) is 8.37. The van der Waals surface area contributed by atoms with E-state index >= 15 is 0 Å². The van der Waals surface area contributed by atoms with Gasteiger partial charge in [0.25, 0.3) is 15.9 Å². The Morgan fingerprint density at radius 3 is 2.52 bits per heavy atom. The van der Waals surface area contributed by atoms with Gasteiger partial charge in [-0.15, -0.1) is 0 Å². The van der Waals surface area contributed by atoms with Crippen molar-refractivity contribution in [3.05, 3.63) is 71.3 Å². The number of benzene rings is 2. The van der Waals surface area contributed by atoms with Gasteiger partial charge < -0.3 is 10.6 Å². The molecule has 3 N–H and O–H groups in total. The summed E-state index contributed by atoms with van der Waals surface area (Å²) in [4.78, 5) is 12.4. The fourth-order valence-corrected chi connectivity index (χ4v) is 3.93. The van der Waals surface area contributed by atoms with Crippen LogP contribution in [0.3, 0.4) is 0 Å². The van der Waals surface area contributed by atoms with Gasteiger partial charge in [0.15, 0.2) is 0 Å². The molecule has 1 aliphatic rings. The number of carbonyl (C=O) groups excluding carboxylic acids is 1. The van der Waals surface area contributed by atoms with Gasteiger partial charge in [0.05, 0.1) is 10.6 Å². The Kier molecular flexibility index (Phi) is 5.93. The smallest absolute Gasteiger partial charge is 0.261 e. The van der Waals surface area contributed by atoms with Crippen molar-refractivity contribution in [2.24, 2.45) is 0 Å². The molecule has 0 spiro atoms. The minimum atomic E-state index is -3.71. The summed E-state index contributed by atoms with van der Waals surface area (Å²) in [6, 6.07) is 13.1. The summed E-state index contributed by atoms with van der Waals surface area (Å²) in [5.74, 6) is -0.217. The summed E-state index contributed by atoms with van der Waals surface area (Å²) >= 11 is 0. The summed E-state index contributed by atoms with van der Waals surface area (Å²) in [6.07, 6.45) is 3.00. The van der Waals surface area contributed by atoms with Gasteiger partial charge in [-0.05, 0) is 55.8 Å². The number of nitrogens with one attached hydrogen (secondary N) is 3. The third-order valence-corrected chi connectivity index (χ3v) is 5.83. The molecule has 2 aromatic rings. The summed E-state index contributed by atoms with van der Waals surface area (Å²) < 4.78 is 27.7. The number of aryl methyl sites for hydroxylation is 1. The van der Waals surface area contributed by atoms with E-state index in [9.17, 15) is 13.2 Å². The Hall–Kier alpha value is -2.64. The van der Waals surface area contributed by atoms with E-state index in [0.29, 0.717) is 17.8 Å². The Balaban J connectivity index is 1.66. The average Bonchev–Trinajstić information content (AvgIpc) is 2.69. The van der Waals surface area contributed by atoms with Crippen LogP contribution in [0.15, 0.2) is 65.1 Å². The van der Waals surface area contributed by atoms with Crippen LogP contribution >= 0.6 is 0 Å². The minimum Gasteiger partial charge on any atom is -0.348 e. The Morgan fingerprint density at radius 1 is 1.11 bits per heavy atom. The number of carbonyl (C=O) groups is 1. The maximum Gasteiger partial charge on any atom is 0.261 e. The zero-order valence-electron chi connectivity index (χ0n) is 15.2. The Labute approximate surface area is 159 Å². The molecule has 6 nitrogen and oxygen atoms in total. The Bertz CT molecular complexity index is 951. The highest BCUT2D eigenvalue weighted by Crippen LogP contribution is 2.19. The van der Waals surface area contributed by atoms with Gasteiger partial charge in [-0.2, -0.15) is 0 Å². The monoisotopic (exact) mass is 385 g/mol. The third kappa shape index (κ3) is 4.96. The maximum atomic E-state index is 12.5. The van der Waals surface area contributed by atoms with Crippen LogP contribution < -0.4 is 15.4 Å². The lowest BCUT2D eigenvalue weighted by atomic mass is 10.1. The van der Waals surface area contributed by atoms with Crippen molar-refractivity contribution in [1.29, 1.82) is 0 Å². The van der Waals surface area contributed by atoms with Gasteiger partial charge in [0.2, 0.25) is 0 Å². The SMILES string of the molecule is Cc1ccccc1NS(=O)(=O)c1ccc(C(=O)NCC2=CCNCC2)cc1. The molecule has 0 aromatic heterocycles. The fraction of sp³-hybridized carbons (Fsp3) is 0.250. The van der Waals surface area contributed by atoms with E-state index in [1.165, 1.54) is 29.8 Å². The van der Waals surface area contributed by atoms with E-state index in [4.69, 9.17) is 0 Å². The number of rotatable bonds is 6. The van der Waals surface area contributed by atoms with Crippen molar-refractivity contribution in [2.45, 2.75) is 18.2 Å². The second-order valence-electron chi connectivity index (χ2n) is 6.44. The zero-order chi connectivity index (χ0) is 19.3. The molecule has 0 atom stereocenters. The molecule has 0 fully saturated rings. The first-order valence-electron chi connectivity index (χ1n) is 8.81. The molecule has 142 valence electrons. The van der Waals surface area contributed by atoms with Crippen LogP contribution in [0.1, 0.15) is 22.3 Å². The molecule has 0 unspecified atom stereocenters. The van der Waals surface area contributed by atoms with Gasteiger partial charge in [0, 0.05) is 18.7 Å². The normalized spacial score (nSPS) is 14.3. The van der Waals surface area contributed by atoms with Crippen LogP contribution in [0, 0.1) is 6.92 Å². The number of amides is 1. The zero-order valence-corrected chi connectivity index (χ0v) is 16.0. The lowest BCUT2D eigenvalue weighted by Gasteiger charge is -2.14. The highest BCUT2D eigenvalue weighted by atomic mass is 32.2. The van der Waals surface area contributed by atoms with Crippen molar-refractivity contribution in [3.63, 3.8) is 0 Å². The molecule has 2 aromatic carbocycles. The first kappa shape index (κ1) is 19.1. The first-order chi connectivity index (χ1) is 13.0.